The number of nitrogens with zero attached hydrogens (tertiary/aromatic N) is 1. The lowest BCUT2D eigenvalue weighted by Gasteiger charge is -2.31. The molecule has 1 aliphatic heterocycles. The first-order valence-corrected chi connectivity index (χ1v) is 6.55. The fourth-order valence-corrected chi connectivity index (χ4v) is 2.72. The second-order valence-corrected chi connectivity index (χ2v) is 4.77. The number of carbonyl (C=O) groups excluding carboxylic acids is 1. The molecule has 2 aliphatic rings. The number of hydrogen-bond acceptors (Lipinski definition) is 3. The zero-order valence-electron chi connectivity index (χ0n) is 10.6. The summed E-state index contributed by atoms with van der Waals surface area (Å²) in [5, 5.41) is 9.13. The van der Waals surface area contributed by atoms with Crippen molar-refractivity contribution in [2.45, 2.75) is 45.1 Å². The van der Waals surface area contributed by atoms with Crippen LogP contribution in [-0.4, -0.2) is 41.1 Å². The van der Waals surface area contributed by atoms with Gasteiger partial charge in [-0.1, -0.05) is 19.3 Å². The van der Waals surface area contributed by atoms with Crippen molar-refractivity contribution in [2.24, 2.45) is 0 Å². The van der Waals surface area contributed by atoms with Crippen molar-refractivity contribution in [1.29, 1.82) is 0 Å². The lowest BCUT2D eigenvalue weighted by Crippen LogP contribution is -2.39. The van der Waals surface area contributed by atoms with Gasteiger partial charge in [0.15, 0.2) is 5.76 Å². The Hall–Kier alpha value is -1.52. The number of ether oxygens (including phenoxy) is 1. The molecule has 0 unspecified atom stereocenters. The Bertz CT molecular complexity index is 382. The lowest BCUT2D eigenvalue weighted by molar-refractivity contribution is -0.133. The molecule has 0 radical (unpaired) electrons. The van der Waals surface area contributed by atoms with Crippen LogP contribution >= 0.6 is 0 Å². The highest BCUT2D eigenvalue weighted by atomic mass is 16.5. The first-order chi connectivity index (χ1) is 8.65. The Balaban J connectivity index is 2.14. The molecule has 1 aliphatic carbocycles. The standard InChI is InChI=1S/C13H19NO4/c1-2-18-11-10(13(16)17)8-14(12(11)15)9-6-4-3-5-7-9/h9H,2-8H2,1H3,(H,16,17). The third-order valence-corrected chi connectivity index (χ3v) is 3.62. The molecule has 5 nitrogen and oxygen atoms in total. The molecule has 1 N–H and O–H groups in total. The van der Waals surface area contributed by atoms with E-state index in [1.807, 2.05) is 0 Å². The zero-order valence-corrected chi connectivity index (χ0v) is 10.6. The number of carboxylic acids is 1. The molecule has 1 heterocycles. The van der Waals surface area contributed by atoms with Crippen molar-refractivity contribution in [3.63, 3.8) is 0 Å². The van der Waals surface area contributed by atoms with Crippen molar-refractivity contribution in [1.82, 2.24) is 4.90 Å². The fourth-order valence-electron chi connectivity index (χ4n) is 2.72. The van der Waals surface area contributed by atoms with E-state index in [1.165, 1.54) is 6.42 Å². The van der Waals surface area contributed by atoms with Gasteiger partial charge in [-0.15, -0.1) is 0 Å². The van der Waals surface area contributed by atoms with Gasteiger partial charge in [-0.2, -0.15) is 0 Å². The highest BCUT2D eigenvalue weighted by Gasteiger charge is 2.39. The summed E-state index contributed by atoms with van der Waals surface area (Å²) in [5.41, 5.74) is 0.104. The minimum Gasteiger partial charge on any atom is -0.488 e. The maximum atomic E-state index is 12.2. The van der Waals surface area contributed by atoms with E-state index in [2.05, 4.69) is 0 Å². The van der Waals surface area contributed by atoms with Crippen LogP contribution in [0.5, 0.6) is 0 Å². The summed E-state index contributed by atoms with van der Waals surface area (Å²) >= 11 is 0. The third-order valence-electron chi connectivity index (χ3n) is 3.62. The van der Waals surface area contributed by atoms with Crippen molar-refractivity contribution in [2.75, 3.05) is 13.2 Å². The van der Waals surface area contributed by atoms with Gasteiger partial charge < -0.3 is 14.7 Å². The van der Waals surface area contributed by atoms with Gasteiger partial charge in [-0.05, 0) is 19.8 Å². The van der Waals surface area contributed by atoms with Crippen LogP contribution in [0.2, 0.25) is 0 Å². The molecule has 1 amide bonds. The smallest absolute Gasteiger partial charge is 0.337 e. The van der Waals surface area contributed by atoms with Gasteiger partial charge >= 0.3 is 5.97 Å². The minimum atomic E-state index is -1.05. The molecular formula is C13H19NO4. The average Bonchev–Trinajstić information content (AvgIpc) is 2.69. The first-order valence-electron chi connectivity index (χ1n) is 6.55. The Morgan fingerprint density at radius 3 is 2.61 bits per heavy atom. The van der Waals surface area contributed by atoms with Crippen molar-refractivity contribution >= 4 is 11.9 Å². The highest BCUT2D eigenvalue weighted by Crippen LogP contribution is 2.29. The summed E-state index contributed by atoms with van der Waals surface area (Å²) in [6, 6.07) is 0.179. The number of carbonyl (C=O) groups is 2. The Labute approximate surface area is 106 Å². The van der Waals surface area contributed by atoms with E-state index in [0.717, 1.165) is 25.7 Å². The highest BCUT2D eigenvalue weighted by molar-refractivity contribution is 6.04. The molecule has 0 aromatic heterocycles. The summed E-state index contributed by atoms with van der Waals surface area (Å²) in [4.78, 5) is 25.0. The quantitative estimate of drug-likeness (QED) is 0.825. The Morgan fingerprint density at radius 1 is 1.39 bits per heavy atom. The maximum absolute atomic E-state index is 12.2. The summed E-state index contributed by atoms with van der Waals surface area (Å²) < 4.78 is 5.22. The Kier molecular flexibility index (Phi) is 3.89. The molecule has 0 aromatic rings. The van der Waals surface area contributed by atoms with E-state index >= 15 is 0 Å². The molecule has 5 heteroatoms. The van der Waals surface area contributed by atoms with Crippen molar-refractivity contribution in [3.05, 3.63) is 11.3 Å². The van der Waals surface area contributed by atoms with Gasteiger partial charge in [0.05, 0.1) is 13.2 Å². The van der Waals surface area contributed by atoms with E-state index < -0.39 is 5.97 Å². The molecule has 0 spiro atoms. The van der Waals surface area contributed by atoms with Crippen LogP contribution in [0.1, 0.15) is 39.0 Å². The average molecular weight is 253 g/mol. The van der Waals surface area contributed by atoms with Gasteiger partial charge in [0.1, 0.15) is 5.57 Å². The summed E-state index contributed by atoms with van der Waals surface area (Å²) in [5.74, 6) is -1.26. The van der Waals surface area contributed by atoms with E-state index in [9.17, 15) is 9.59 Å². The molecule has 1 fully saturated rings. The molecule has 2 rings (SSSR count). The maximum Gasteiger partial charge on any atom is 0.337 e. The number of aliphatic carboxylic acids is 1. The van der Waals surface area contributed by atoms with Crippen molar-refractivity contribution in [3.8, 4) is 0 Å². The van der Waals surface area contributed by atoms with Gasteiger partial charge in [-0.3, -0.25) is 4.79 Å². The van der Waals surface area contributed by atoms with E-state index in [0.29, 0.717) is 6.61 Å². The van der Waals surface area contributed by atoms with Gasteiger partial charge in [0.25, 0.3) is 5.91 Å². The van der Waals surface area contributed by atoms with Crippen LogP contribution in [0.15, 0.2) is 11.3 Å². The molecule has 0 bridgehead atoms. The van der Waals surface area contributed by atoms with Crippen LogP contribution < -0.4 is 0 Å². The third kappa shape index (κ3) is 2.35. The van der Waals surface area contributed by atoms with Crippen LogP contribution in [0, 0.1) is 0 Å². The molecule has 1 saturated carbocycles. The van der Waals surface area contributed by atoms with Gasteiger partial charge in [0, 0.05) is 6.04 Å². The van der Waals surface area contributed by atoms with Gasteiger partial charge in [-0.25, -0.2) is 4.79 Å². The van der Waals surface area contributed by atoms with Crippen LogP contribution in [0.25, 0.3) is 0 Å². The van der Waals surface area contributed by atoms with E-state index in [4.69, 9.17) is 9.84 Å². The number of amides is 1. The van der Waals surface area contributed by atoms with Crippen molar-refractivity contribution < 1.29 is 19.4 Å². The predicted octanol–water partition coefficient (Wildman–Crippen LogP) is 1.54. The van der Waals surface area contributed by atoms with E-state index in [1.54, 1.807) is 11.8 Å². The summed E-state index contributed by atoms with van der Waals surface area (Å²) in [6.45, 7) is 2.26. The number of carboxylic acid groups (broad SMARTS) is 1. The fraction of sp³-hybridized carbons (Fsp3) is 0.692. The number of hydrogen-bond donors (Lipinski definition) is 1. The van der Waals surface area contributed by atoms with Crippen LogP contribution in [0.4, 0.5) is 0 Å². The van der Waals surface area contributed by atoms with Gasteiger partial charge in [0.2, 0.25) is 0 Å². The second kappa shape index (κ2) is 5.42. The summed E-state index contributed by atoms with van der Waals surface area (Å²) in [7, 11) is 0. The molecule has 18 heavy (non-hydrogen) atoms. The first kappa shape index (κ1) is 12.9. The molecule has 100 valence electrons. The Morgan fingerprint density at radius 2 is 2.06 bits per heavy atom. The topological polar surface area (TPSA) is 66.8 Å². The molecule has 0 saturated heterocycles. The zero-order chi connectivity index (χ0) is 13.1. The molecular weight excluding hydrogens is 234 g/mol. The van der Waals surface area contributed by atoms with E-state index in [-0.39, 0.29) is 29.8 Å². The minimum absolute atomic E-state index is 0.0376. The predicted molar refractivity (Wildman–Crippen MR) is 64.9 cm³/mol. The largest absolute Gasteiger partial charge is 0.488 e. The molecule has 0 atom stereocenters. The summed E-state index contributed by atoms with van der Waals surface area (Å²) in [6.07, 6.45) is 5.37. The number of rotatable bonds is 4. The second-order valence-electron chi connectivity index (χ2n) is 4.77. The molecule has 0 aromatic carbocycles. The monoisotopic (exact) mass is 253 g/mol. The lowest BCUT2D eigenvalue weighted by atomic mass is 9.94. The normalized spacial score (nSPS) is 21.6. The van der Waals surface area contributed by atoms with Crippen LogP contribution in [-0.2, 0) is 14.3 Å². The van der Waals surface area contributed by atoms with Crippen LogP contribution in [0.3, 0.4) is 0 Å². The SMILES string of the molecule is CCOC1=C(C(=O)O)CN(C2CCCCC2)C1=O.